The Balaban J connectivity index is 1.78. The number of hydrogen-bond acceptors (Lipinski definition) is 5. The summed E-state index contributed by atoms with van der Waals surface area (Å²) in [6, 6.07) is 5.42. The average Bonchev–Trinajstić information content (AvgIpc) is 3.16. The number of amides is 1. The van der Waals surface area contributed by atoms with E-state index in [1.807, 2.05) is 13.0 Å². The lowest BCUT2D eigenvalue weighted by Crippen LogP contribution is -2.46. The Bertz CT molecular complexity index is 669. The van der Waals surface area contributed by atoms with Crippen LogP contribution in [0.4, 0.5) is 0 Å². The maximum absolute atomic E-state index is 12.6. The van der Waals surface area contributed by atoms with E-state index >= 15 is 0 Å². The molecule has 2 aromatic rings. The van der Waals surface area contributed by atoms with Crippen LogP contribution < -0.4 is 0 Å². The van der Waals surface area contributed by atoms with Crippen LogP contribution in [0.3, 0.4) is 0 Å². The number of thiophene rings is 1. The van der Waals surface area contributed by atoms with Crippen molar-refractivity contribution in [1.82, 2.24) is 10.1 Å². The Hall–Kier alpha value is -1.37. The van der Waals surface area contributed by atoms with Crippen molar-refractivity contribution in [2.24, 2.45) is 5.92 Å². The number of hydrogen-bond donors (Lipinski definition) is 1. The van der Waals surface area contributed by atoms with Gasteiger partial charge in [0.2, 0.25) is 0 Å². The van der Waals surface area contributed by atoms with Gasteiger partial charge in [-0.2, -0.15) is 0 Å². The Labute approximate surface area is 137 Å². The summed E-state index contributed by atoms with van der Waals surface area (Å²) in [6.07, 6.45) is 1.83. The van der Waals surface area contributed by atoms with Gasteiger partial charge in [-0.3, -0.25) is 4.79 Å². The summed E-state index contributed by atoms with van der Waals surface area (Å²) in [5.41, 5.74) is 0.296. The lowest BCUT2D eigenvalue weighted by Gasteiger charge is -2.36. The number of carbonyl (C=O) groups excluding carboxylic acids is 1. The maximum Gasteiger partial charge on any atom is 0.276 e. The van der Waals surface area contributed by atoms with Gasteiger partial charge in [0.25, 0.3) is 5.91 Å². The van der Waals surface area contributed by atoms with Crippen molar-refractivity contribution >= 4 is 28.8 Å². The number of likely N-dealkylation sites (tertiary alicyclic amines) is 1. The van der Waals surface area contributed by atoms with Gasteiger partial charge in [-0.1, -0.05) is 16.8 Å². The monoisotopic (exact) mass is 340 g/mol. The third kappa shape index (κ3) is 3.04. The van der Waals surface area contributed by atoms with Crippen molar-refractivity contribution in [3.8, 4) is 10.6 Å². The van der Waals surface area contributed by atoms with E-state index in [4.69, 9.17) is 16.1 Å². The number of aliphatic hydroxyl groups excluding tert-OH is 1. The van der Waals surface area contributed by atoms with Crippen molar-refractivity contribution in [2.75, 3.05) is 13.2 Å². The van der Waals surface area contributed by atoms with Crippen molar-refractivity contribution < 1.29 is 14.4 Å². The predicted octanol–water partition coefficient (Wildman–Crippen LogP) is 3.29. The van der Waals surface area contributed by atoms with Gasteiger partial charge >= 0.3 is 0 Å². The minimum atomic E-state index is -0.150. The fourth-order valence-electron chi connectivity index (χ4n) is 2.70. The molecule has 3 rings (SSSR count). The van der Waals surface area contributed by atoms with Gasteiger partial charge in [-0.25, -0.2) is 0 Å². The number of carbonyl (C=O) groups is 1. The topological polar surface area (TPSA) is 66.6 Å². The highest BCUT2D eigenvalue weighted by atomic mass is 35.5. The molecule has 0 aromatic carbocycles. The molecule has 0 radical (unpaired) electrons. The predicted molar refractivity (Wildman–Crippen MR) is 85.1 cm³/mol. The molecule has 7 heteroatoms. The number of halogens is 1. The molecule has 2 unspecified atom stereocenters. The standard InChI is InChI=1S/C15H17ClN2O3S/c1-9-2-3-10(8-19)7-18(9)15(20)11-6-12(21-17-11)13-4-5-14(16)22-13/h4-6,9-10,19H,2-3,7-8H2,1H3. The summed E-state index contributed by atoms with van der Waals surface area (Å²) < 4.78 is 5.93. The smallest absolute Gasteiger partial charge is 0.276 e. The zero-order valence-corrected chi connectivity index (χ0v) is 13.7. The molecule has 22 heavy (non-hydrogen) atoms. The zero-order valence-electron chi connectivity index (χ0n) is 12.2. The first-order chi connectivity index (χ1) is 10.6. The molecule has 2 aromatic heterocycles. The third-order valence-electron chi connectivity index (χ3n) is 4.04. The van der Waals surface area contributed by atoms with Crippen LogP contribution in [-0.4, -0.2) is 40.3 Å². The largest absolute Gasteiger partial charge is 0.396 e. The molecule has 0 aliphatic carbocycles. The fraction of sp³-hybridized carbons (Fsp3) is 0.467. The first-order valence-corrected chi connectivity index (χ1v) is 8.42. The number of aromatic nitrogens is 1. The SMILES string of the molecule is CC1CCC(CO)CN1C(=O)c1cc(-c2ccc(Cl)s2)on1. The summed E-state index contributed by atoms with van der Waals surface area (Å²) in [6.45, 7) is 2.68. The average molecular weight is 341 g/mol. The molecule has 2 atom stereocenters. The van der Waals surface area contributed by atoms with E-state index in [1.165, 1.54) is 11.3 Å². The van der Waals surface area contributed by atoms with E-state index < -0.39 is 0 Å². The highest BCUT2D eigenvalue weighted by Gasteiger charge is 2.31. The highest BCUT2D eigenvalue weighted by Crippen LogP contribution is 2.32. The van der Waals surface area contributed by atoms with Crippen LogP contribution >= 0.6 is 22.9 Å². The molecule has 0 spiro atoms. The molecule has 1 N–H and O–H groups in total. The second-order valence-electron chi connectivity index (χ2n) is 5.61. The van der Waals surface area contributed by atoms with E-state index in [-0.39, 0.29) is 24.5 Å². The molecule has 0 bridgehead atoms. The lowest BCUT2D eigenvalue weighted by molar-refractivity contribution is 0.0479. The summed E-state index contributed by atoms with van der Waals surface area (Å²) in [5, 5.41) is 13.2. The van der Waals surface area contributed by atoms with Gasteiger partial charge in [0.1, 0.15) is 0 Å². The summed E-state index contributed by atoms with van der Waals surface area (Å²) in [7, 11) is 0. The van der Waals surface area contributed by atoms with Crippen LogP contribution in [0.5, 0.6) is 0 Å². The molecule has 1 aliphatic rings. The second kappa shape index (κ2) is 6.40. The van der Waals surface area contributed by atoms with Crippen LogP contribution in [0.2, 0.25) is 4.34 Å². The van der Waals surface area contributed by atoms with Crippen LogP contribution in [0.15, 0.2) is 22.7 Å². The molecule has 5 nitrogen and oxygen atoms in total. The molecule has 118 valence electrons. The summed E-state index contributed by atoms with van der Waals surface area (Å²) in [5.74, 6) is 0.537. The molecule has 1 fully saturated rings. The summed E-state index contributed by atoms with van der Waals surface area (Å²) in [4.78, 5) is 15.2. The molecule has 3 heterocycles. The van der Waals surface area contributed by atoms with E-state index in [0.717, 1.165) is 17.7 Å². The van der Waals surface area contributed by atoms with Crippen LogP contribution in [0.1, 0.15) is 30.3 Å². The first kappa shape index (κ1) is 15.5. The van der Waals surface area contributed by atoms with Crippen LogP contribution in [-0.2, 0) is 0 Å². The van der Waals surface area contributed by atoms with Gasteiger partial charge in [0.05, 0.1) is 9.21 Å². The van der Waals surface area contributed by atoms with Gasteiger partial charge in [-0.15, -0.1) is 11.3 Å². The number of piperidine rings is 1. The number of aliphatic hydroxyl groups is 1. The second-order valence-corrected chi connectivity index (χ2v) is 7.33. The third-order valence-corrected chi connectivity index (χ3v) is 5.29. The fourth-order valence-corrected chi connectivity index (χ4v) is 3.69. The maximum atomic E-state index is 12.6. The minimum absolute atomic E-state index is 0.105. The number of rotatable bonds is 3. The Morgan fingerprint density at radius 3 is 3.05 bits per heavy atom. The van der Waals surface area contributed by atoms with Crippen molar-refractivity contribution in [3.05, 3.63) is 28.2 Å². The molecular formula is C15H17ClN2O3S. The minimum Gasteiger partial charge on any atom is -0.396 e. The molecule has 1 amide bonds. The molecular weight excluding hydrogens is 324 g/mol. The van der Waals surface area contributed by atoms with E-state index in [0.29, 0.717) is 22.3 Å². The Morgan fingerprint density at radius 1 is 1.55 bits per heavy atom. The van der Waals surface area contributed by atoms with Crippen molar-refractivity contribution in [3.63, 3.8) is 0 Å². The highest BCUT2D eigenvalue weighted by molar-refractivity contribution is 7.19. The van der Waals surface area contributed by atoms with Crippen LogP contribution in [0.25, 0.3) is 10.6 Å². The van der Waals surface area contributed by atoms with Gasteiger partial charge < -0.3 is 14.5 Å². The van der Waals surface area contributed by atoms with Gasteiger partial charge in [-0.05, 0) is 37.8 Å². The van der Waals surface area contributed by atoms with Gasteiger partial charge in [0, 0.05) is 25.3 Å². The molecule has 1 saturated heterocycles. The normalized spacial score (nSPS) is 22.0. The molecule has 0 saturated carbocycles. The Kier molecular flexibility index (Phi) is 4.52. The summed E-state index contributed by atoms with van der Waals surface area (Å²) >= 11 is 7.29. The Morgan fingerprint density at radius 2 is 2.36 bits per heavy atom. The lowest BCUT2D eigenvalue weighted by atomic mass is 9.94. The van der Waals surface area contributed by atoms with Gasteiger partial charge in [0.15, 0.2) is 11.5 Å². The molecule has 1 aliphatic heterocycles. The van der Waals surface area contributed by atoms with Crippen molar-refractivity contribution in [2.45, 2.75) is 25.8 Å². The van der Waals surface area contributed by atoms with E-state index in [9.17, 15) is 9.90 Å². The quantitative estimate of drug-likeness (QED) is 0.931. The first-order valence-electron chi connectivity index (χ1n) is 7.22. The van der Waals surface area contributed by atoms with Crippen LogP contribution in [0, 0.1) is 5.92 Å². The zero-order chi connectivity index (χ0) is 15.7. The number of nitrogens with zero attached hydrogens (tertiary/aromatic N) is 2. The van der Waals surface area contributed by atoms with E-state index in [2.05, 4.69) is 5.16 Å². The van der Waals surface area contributed by atoms with Crippen molar-refractivity contribution in [1.29, 1.82) is 0 Å². The van der Waals surface area contributed by atoms with E-state index in [1.54, 1.807) is 17.0 Å².